The van der Waals surface area contributed by atoms with Gasteiger partial charge in [0.15, 0.2) is 9.84 Å². The fourth-order valence-corrected chi connectivity index (χ4v) is 7.83. The van der Waals surface area contributed by atoms with Crippen molar-refractivity contribution >= 4 is 19.9 Å². The third-order valence-electron chi connectivity index (χ3n) is 7.07. The van der Waals surface area contributed by atoms with Crippen LogP contribution in [0, 0.1) is 5.92 Å². The lowest BCUT2D eigenvalue weighted by Gasteiger charge is -2.30. The van der Waals surface area contributed by atoms with Gasteiger partial charge in [-0.05, 0) is 53.5 Å². The topological polar surface area (TPSA) is 84.0 Å². The summed E-state index contributed by atoms with van der Waals surface area (Å²) in [4.78, 5) is 2.71. The molecule has 3 aliphatic rings. The standard InChI is InChI=1S/C24H30N2O5S2/c1-32(27,28)26-11-8-18(9-12-26)17-31-23-7-6-21(22-10-13-33(29,30)24(22)23)16-25-14-19-4-2-3-5-20(19)15-25/h2-7,18H,8-17H2,1H3. The Labute approximate surface area is 196 Å². The van der Waals surface area contributed by atoms with E-state index in [0.29, 0.717) is 36.8 Å². The molecule has 0 aromatic heterocycles. The molecule has 0 unspecified atom stereocenters. The molecule has 0 spiro atoms. The predicted octanol–water partition coefficient (Wildman–Crippen LogP) is 2.58. The number of piperidine rings is 1. The van der Waals surface area contributed by atoms with Crippen LogP contribution in [-0.4, -0.2) is 57.7 Å². The number of hydrogen-bond donors (Lipinski definition) is 0. The molecule has 1 fully saturated rings. The molecule has 0 atom stereocenters. The van der Waals surface area contributed by atoms with E-state index >= 15 is 0 Å². The second kappa shape index (κ2) is 8.69. The Morgan fingerprint density at radius 3 is 2.33 bits per heavy atom. The lowest BCUT2D eigenvalue weighted by Crippen LogP contribution is -2.39. The molecular weight excluding hydrogens is 460 g/mol. The summed E-state index contributed by atoms with van der Waals surface area (Å²) in [5.41, 5.74) is 4.63. The maximum atomic E-state index is 12.9. The molecule has 2 aromatic rings. The largest absolute Gasteiger partial charge is 0.492 e. The van der Waals surface area contributed by atoms with Crippen molar-refractivity contribution in [1.29, 1.82) is 0 Å². The van der Waals surface area contributed by atoms with Crippen molar-refractivity contribution in [1.82, 2.24) is 9.21 Å². The van der Waals surface area contributed by atoms with Crippen LogP contribution in [0.15, 0.2) is 41.3 Å². The maximum absolute atomic E-state index is 12.9. The van der Waals surface area contributed by atoms with Crippen molar-refractivity contribution in [2.45, 2.75) is 43.8 Å². The van der Waals surface area contributed by atoms with E-state index in [1.165, 1.54) is 21.7 Å². The minimum absolute atomic E-state index is 0.128. The van der Waals surface area contributed by atoms with E-state index in [4.69, 9.17) is 4.74 Å². The van der Waals surface area contributed by atoms with Gasteiger partial charge in [0, 0.05) is 32.7 Å². The van der Waals surface area contributed by atoms with Crippen LogP contribution in [0.4, 0.5) is 0 Å². The molecule has 1 saturated heterocycles. The number of fused-ring (bicyclic) bond motifs is 2. The summed E-state index contributed by atoms with van der Waals surface area (Å²) in [6.07, 6.45) is 3.20. The van der Waals surface area contributed by atoms with Gasteiger partial charge in [0.25, 0.3) is 0 Å². The number of ether oxygens (including phenoxy) is 1. The molecular formula is C24H30N2O5S2. The lowest BCUT2D eigenvalue weighted by molar-refractivity contribution is 0.182. The van der Waals surface area contributed by atoms with Gasteiger partial charge in [0.1, 0.15) is 10.6 Å². The highest BCUT2D eigenvalue weighted by Gasteiger charge is 2.34. The van der Waals surface area contributed by atoms with E-state index in [0.717, 1.165) is 43.6 Å². The third kappa shape index (κ3) is 4.69. The number of benzene rings is 2. The first-order valence-corrected chi connectivity index (χ1v) is 15.0. The smallest absolute Gasteiger partial charge is 0.211 e. The van der Waals surface area contributed by atoms with Gasteiger partial charge in [-0.2, -0.15) is 0 Å². The quantitative estimate of drug-likeness (QED) is 0.619. The van der Waals surface area contributed by atoms with Crippen LogP contribution in [0.3, 0.4) is 0 Å². The van der Waals surface area contributed by atoms with E-state index in [-0.39, 0.29) is 11.7 Å². The van der Waals surface area contributed by atoms with Crippen LogP contribution in [0.2, 0.25) is 0 Å². The molecule has 3 heterocycles. The van der Waals surface area contributed by atoms with Gasteiger partial charge in [-0.3, -0.25) is 4.90 Å². The Hall–Kier alpha value is -1.94. The van der Waals surface area contributed by atoms with Crippen LogP contribution in [0.25, 0.3) is 0 Å². The van der Waals surface area contributed by atoms with Crippen molar-refractivity contribution in [2.24, 2.45) is 5.92 Å². The molecule has 5 rings (SSSR count). The average molecular weight is 491 g/mol. The molecule has 7 nitrogen and oxygen atoms in total. The summed E-state index contributed by atoms with van der Waals surface area (Å²) in [6, 6.07) is 12.3. The van der Waals surface area contributed by atoms with Gasteiger partial charge in [0.05, 0.1) is 18.6 Å². The van der Waals surface area contributed by atoms with Crippen molar-refractivity contribution in [2.75, 3.05) is 31.7 Å². The zero-order valence-electron chi connectivity index (χ0n) is 18.9. The fraction of sp³-hybridized carbons (Fsp3) is 0.500. The first-order chi connectivity index (χ1) is 15.7. The van der Waals surface area contributed by atoms with Gasteiger partial charge in [-0.25, -0.2) is 21.1 Å². The Morgan fingerprint density at radius 2 is 1.70 bits per heavy atom. The first kappa shape index (κ1) is 22.8. The zero-order chi connectivity index (χ0) is 23.2. The predicted molar refractivity (Wildman–Crippen MR) is 126 cm³/mol. The molecule has 0 bridgehead atoms. The molecule has 3 aliphatic heterocycles. The van der Waals surface area contributed by atoms with Gasteiger partial charge >= 0.3 is 0 Å². The lowest BCUT2D eigenvalue weighted by atomic mass is 9.99. The van der Waals surface area contributed by atoms with E-state index < -0.39 is 19.9 Å². The van der Waals surface area contributed by atoms with Gasteiger partial charge in [0.2, 0.25) is 10.0 Å². The maximum Gasteiger partial charge on any atom is 0.211 e. The van der Waals surface area contributed by atoms with E-state index in [9.17, 15) is 16.8 Å². The van der Waals surface area contributed by atoms with Gasteiger partial charge < -0.3 is 4.74 Å². The Morgan fingerprint density at radius 1 is 1.03 bits per heavy atom. The molecule has 9 heteroatoms. The summed E-state index contributed by atoms with van der Waals surface area (Å²) in [5.74, 6) is 0.787. The second-order valence-electron chi connectivity index (χ2n) is 9.43. The Balaban J connectivity index is 1.29. The monoisotopic (exact) mass is 490 g/mol. The number of nitrogens with zero attached hydrogens (tertiary/aromatic N) is 2. The summed E-state index contributed by atoms with van der Waals surface area (Å²) in [6.45, 7) is 3.85. The van der Waals surface area contributed by atoms with E-state index in [1.54, 1.807) is 0 Å². The van der Waals surface area contributed by atoms with Gasteiger partial charge in [-0.1, -0.05) is 30.3 Å². The molecule has 0 radical (unpaired) electrons. The number of sulfone groups is 1. The van der Waals surface area contributed by atoms with Crippen LogP contribution in [0.1, 0.15) is 35.1 Å². The fourth-order valence-electron chi connectivity index (χ4n) is 5.23. The SMILES string of the molecule is CS(=O)(=O)N1CCC(COc2ccc(CN3Cc4ccccc4C3)c3c2S(=O)(=O)CC3)CC1. The highest BCUT2D eigenvalue weighted by molar-refractivity contribution is 7.91. The van der Waals surface area contributed by atoms with Crippen LogP contribution < -0.4 is 4.74 Å². The Kier molecular flexibility index (Phi) is 6.01. The number of hydrogen-bond acceptors (Lipinski definition) is 6. The summed E-state index contributed by atoms with van der Waals surface area (Å²) in [5, 5.41) is 0. The van der Waals surface area contributed by atoms with Crippen molar-refractivity contribution in [3.8, 4) is 5.75 Å². The van der Waals surface area contributed by atoms with E-state index in [1.807, 2.05) is 12.1 Å². The highest BCUT2D eigenvalue weighted by Crippen LogP contribution is 2.38. The molecule has 0 amide bonds. The molecule has 0 saturated carbocycles. The molecule has 0 N–H and O–H groups in total. The normalized spacial score (nSPS) is 21.1. The summed E-state index contributed by atoms with van der Waals surface area (Å²) < 4.78 is 56.7. The zero-order valence-corrected chi connectivity index (χ0v) is 20.5. The summed E-state index contributed by atoms with van der Waals surface area (Å²) >= 11 is 0. The average Bonchev–Trinajstić information content (AvgIpc) is 3.33. The third-order valence-corrected chi connectivity index (χ3v) is 10.2. The van der Waals surface area contributed by atoms with Crippen molar-refractivity contribution in [3.05, 3.63) is 58.7 Å². The van der Waals surface area contributed by atoms with E-state index in [2.05, 4.69) is 29.2 Å². The minimum atomic E-state index is -3.36. The molecule has 178 valence electrons. The first-order valence-electron chi connectivity index (χ1n) is 11.5. The minimum Gasteiger partial charge on any atom is -0.492 e. The number of rotatable bonds is 6. The van der Waals surface area contributed by atoms with Crippen LogP contribution in [0.5, 0.6) is 5.75 Å². The number of sulfonamides is 1. The van der Waals surface area contributed by atoms with Gasteiger partial charge in [-0.15, -0.1) is 0 Å². The van der Waals surface area contributed by atoms with Crippen LogP contribution in [-0.2, 0) is 45.9 Å². The molecule has 33 heavy (non-hydrogen) atoms. The molecule has 2 aromatic carbocycles. The second-order valence-corrected chi connectivity index (χ2v) is 13.5. The Bertz CT molecular complexity index is 1240. The van der Waals surface area contributed by atoms with Crippen LogP contribution >= 0.6 is 0 Å². The highest BCUT2D eigenvalue weighted by atomic mass is 32.2. The summed E-state index contributed by atoms with van der Waals surface area (Å²) in [7, 11) is -6.52. The van der Waals surface area contributed by atoms with Crippen molar-refractivity contribution < 1.29 is 21.6 Å². The molecule has 0 aliphatic carbocycles. The van der Waals surface area contributed by atoms with Crippen molar-refractivity contribution in [3.63, 3.8) is 0 Å².